The molecule has 0 aliphatic carbocycles. The summed E-state index contributed by atoms with van der Waals surface area (Å²) in [5, 5.41) is 2.53. The van der Waals surface area contributed by atoms with Crippen LogP contribution in [0.3, 0.4) is 0 Å². The van der Waals surface area contributed by atoms with Gasteiger partial charge in [0.2, 0.25) is 0 Å². The Bertz CT molecular complexity index is 643. The van der Waals surface area contributed by atoms with E-state index < -0.39 is 29.1 Å². The van der Waals surface area contributed by atoms with Crippen molar-refractivity contribution in [2.45, 2.75) is 38.8 Å². The van der Waals surface area contributed by atoms with Gasteiger partial charge in [-0.3, -0.25) is 9.69 Å². The number of rotatable bonds is 4. The van der Waals surface area contributed by atoms with Crippen molar-refractivity contribution in [2.24, 2.45) is 0 Å². The van der Waals surface area contributed by atoms with Crippen LogP contribution in [0.1, 0.15) is 33.3 Å². The highest BCUT2D eigenvalue weighted by atomic mass is 19.2. The van der Waals surface area contributed by atoms with Crippen LogP contribution >= 0.6 is 0 Å². The molecule has 3 amide bonds. The molecular formula is C16H20F2N2O3. The molecular weight excluding hydrogens is 306 g/mol. The van der Waals surface area contributed by atoms with Gasteiger partial charge in [-0.15, -0.1) is 0 Å². The lowest BCUT2D eigenvalue weighted by Crippen LogP contribution is -2.41. The smallest absolute Gasteiger partial charge is 0.325 e. The summed E-state index contributed by atoms with van der Waals surface area (Å²) in [6.07, 6.45) is 0. The van der Waals surface area contributed by atoms with Gasteiger partial charge in [0.15, 0.2) is 11.6 Å². The number of carbonyl (C=O) groups excluding carboxylic acids is 2. The van der Waals surface area contributed by atoms with E-state index in [1.807, 2.05) is 20.8 Å². The highest BCUT2D eigenvalue weighted by Crippen LogP contribution is 2.29. The van der Waals surface area contributed by atoms with Crippen LogP contribution in [-0.4, -0.2) is 35.6 Å². The number of benzene rings is 1. The second kappa shape index (κ2) is 5.88. The highest BCUT2D eigenvalue weighted by Gasteiger charge is 2.49. The van der Waals surface area contributed by atoms with Gasteiger partial charge >= 0.3 is 6.03 Å². The molecule has 0 unspecified atom stereocenters. The molecule has 0 saturated carbocycles. The summed E-state index contributed by atoms with van der Waals surface area (Å²) >= 11 is 0. The average Bonchev–Trinajstić information content (AvgIpc) is 2.65. The van der Waals surface area contributed by atoms with Crippen LogP contribution in [-0.2, 0) is 15.1 Å². The number of halogens is 2. The van der Waals surface area contributed by atoms with E-state index in [2.05, 4.69) is 5.32 Å². The van der Waals surface area contributed by atoms with Crippen LogP contribution in [0.5, 0.6) is 0 Å². The number of hydrogen-bond donors (Lipinski definition) is 1. The Kier molecular flexibility index (Phi) is 4.43. The molecule has 126 valence electrons. The molecule has 7 heteroatoms. The Morgan fingerprint density at radius 3 is 2.43 bits per heavy atom. The van der Waals surface area contributed by atoms with E-state index in [9.17, 15) is 18.4 Å². The zero-order valence-corrected chi connectivity index (χ0v) is 13.6. The van der Waals surface area contributed by atoms with Gasteiger partial charge in [0.05, 0.1) is 18.8 Å². The number of nitrogens with one attached hydrogen (secondary N) is 1. The highest BCUT2D eigenvalue weighted by molar-refractivity contribution is 6.07. The second-order valence-electron chi connectivity index (χ2n) is 6.60. The molecule has 0 spiro atoms. The third-order valence-corrected chi connectivity index (χ3v) is 3.62. The normalized spacial score (nSPS) is 21.7. The molecule has 1 atom stereocenters. The van der Waals surface area contributed by atoms with Gasteiger partial charge in [-0.2, -0.15) is 0 Å². The summed E-state index contributed by atoms with van der Waals surface area (Å²) in [6.45, 7) is 7.33. The van der Waals surface area contributed by atoms with Gasteiger partial charge in [-0.1, -0.05) is 6.07 Å². The van der Waals surface area contributed by atoms with Gasteiger partial charge in [-0.05, 0) is 45.4 Å². The number of amides is 3. The fraction of sp³-hybridized carbons (Fsp3) is 0.500. The summed E-state index contributed by atoms with van der Waals surface area (Å²) in [5.41, 5.74) is -1.62. The van der Waals surface area contributed by atoms with Crippen LogP contribution in [0.4, 0.5) is 13.6 Å². The maximum atomic E-state index is 13.4. The molecule has 1 fully saturated rings. The van der Waals surface area contributed by atoms with Gasteiger partial charge in [0.1, 0.15) is 5.54 Å². The van der Waals surface area contributed by atoms with Crippen molar-refractivity contribution in [3.63, 3.8) is 0 Å². The largest absolute Gasteiger partial charge is 0.374 e. The Hall–Kier alpha value is -2.02. The second-order valence-corrected chi connectivity index (χ2v) is 6.60. The van der Waals surface area contributed by atoms with Gasteiger partial charge < -0.3 is 10.1 Å². The molecule has 1 saturated heterocycles. The fourth-order valence-electron chi connectivity index (χ4n) is 2.35. The minimum atomic E-state index is -1.42. The molecule has 0 radical (unpaired) electrons. The first kappa shape index (κ1) is 17.3. The summed E-state index contributed by atoms with van der Waals surface area (Å²) in [6, 6.07) is 2.55. The van der Waals surface area contributed by atoms with Crippen molar-refractivity contribution >= 4 is 11.9 Å². The number of hydrogen-bond acceptors (Lipinski definition) is 3. The molecule has 1 N–H and O–H groups in total. The fourth-order valence-corrected chi connectivity index (χ4v) is 2.35. The molecule has 0 aromatic heterocycles. The Labute approximate surface area is 133 Å². The van der Waals surface area contributed by atoms with Crippen LogP contribution in [0.2, 0.25) is 0 Å². The number of ether oxygens (including phenoxy) is 1. The lowest BCUT2D eigenvalue weighted by molar-refractivity contribution is -0.132. The van der Waals surface area contributed by atoms with E-state index in [0.29, 0.717) is 0 Å². The molecule has 2 rings (SSSR count). The molecule has 1 aliphatic rings. The first-order valence-corrected chi connectivity index (χ1v) is 7.28. The number of imide groups is 1. The van der Waals surface area contributed by atoms with Crippen molar-refractivity contribution in [1.82, 2.24) is 10.2 Å². The number of carbonyl (C=O) groups is 2. The van der Waals surface area contributed by atoms with E-state index >= 15 is 0 Å². The zero-order chi connectivity index (χ0) is 17.4. The third-order valence-electron chi connectivity index (χ3n) is 3.62. The molecule has 5 nitrogen and oxygen atoms in total. The quantitative estimate of drug-likeness (QED) is 0.865. The third kappa shape index (κ3) is 3.50. The lowest BCUT2D eigenvalue weighted by atomic mass is 9.92. The van der Waals surface area contributed by atoms with E-state index in [-0.39, 0.29) is 24.3 Å². The Morgan fingerprint density at radius 1 is 1.22 bits per heavy atom. The predicted molar refractivity (Wildman–Crippen MR) is 79.7 cm³/mol. The van der Waals surface area contributed by atoms with Crippen molar-refractivity contribution in [3.8, 4) is 0 Å². The monoisotopic (exact) mass is 326 g/mol. The topological polar surface area (TPSA) is 58.6 Å². The first-order valence-electron chi connectivity index (χ1n) is 7.28. The van der Waals surface area contributed by atoms with E-state index in [1.165, 1.54) is 13.0 Å². The maximum absolute atomic E-state index is 13.4. The molecule has 1 aromatic carbocycles. The van der Waals surface area contributed by atoms with Gasteiger partial charge in [-0.25, -0.2) is 13.6 Å². The van der Waals surface area contributed by atoms with Crippen molar-refractivity contribution < 1.29 is 23.1 Å². The van der Waals surface area contributed by atoms with Crippen molar-refractivity contribution in [1.29, 1.82) is 0 Å². The Balaban J connectivity index is 2.17. The minimum absolute atomic E-state index is 0.0845. The molecule has 0 bridgehead atoms. The van der Waals surface area contributed by atoms with Crippen LogP contribution in [0.15, 0.2) is 18.2 Å². The lowest BCUT2D eigenvalue weighted by Gasteiger charge is -2.23. The van der Waals surface area contributed by atoms with Gasteiger partial charge in [0.25, 0.3) is 5.91 Å². The van der Waals surface area contributed by atoms with Crippen LogP contribution in [0.25, 0.3) is 0 Å². The summed E-state index contributed by atoms with van der Waals surface area (Å²) in [4.78, 5) is 25.6. The van der Waals surface area contributed by atoms with E-state index in [1.54, 1.807) is 0 Å². The molecule has 1 aromatic rings. The van der Waals surface area contributed by atoms with Gasteiger partial charge in [0, 0.05) is 0 Å². The number of urea groups is 1. The van der Waals surface area contributed by atoms with Crippen molar-refractivity contribution in [3.05, 3.63) is 35.4 Å². The van der Waals surface area contributed by atoms with Crippen molar-refractivity contribution in [2.75, 3.05) is 13.2 Å². The minimum Gasteiger partial charge on any atom is -0.374 e. The summed E-state index contributed by atoms with van der Waals surface area (Å²) in [5.74, 6) is -2.60. The van der Waals surface area contributed by atoms with E-state index in [4.69, 9.17) is 4.74 Å². The molecule has 1 heterocycles. The summed E-state index contributed by atoms with van der Waals surface area (Å²) in [7, 11) is 0. The average molecular weight is 326 g/mol. The van der Waals surface area contributed by atoms with Crippen LogP contribution < -0.4 is 5.32 Å². The Morgan fingerprint density at radius 2 is 1.87 bits per heavy atom. The first-order chi connectivity index (χ1) is 10.5. The molecule has 23 heavy (non-hydrogen) atoms. The van der Waals surface area contributed by atoms with Crippen LogP contribution in [0, 0.1) is 11.6 Å². The molecule has 1 aliphatic heterocycles. The SMILES string of the molecule is CC(C)(C)OCCN1C(=O)N[C@@](C)(c2ccc(F)c(F)c2)C1=O. The summed E-state index contributed by atoms with van der Waals surface area (Å²) < 4.78 is 32.0. The van der Waals surface area contributed by atoms with E-state index in [0.717, 1.165) is 17.0 Å². The maximum Gasteiger partial charge on any atom is 0.325 e. The zero-order valence-electron chi connectivity index (χ0n) is 13.6. The predicted octanol–water partition coefficient (Wildman–Crippen LogP) is 2.55. The standard InChI is InChI=1S/C16H20F2N2O3/c1-15(2,3)23-8-7-20-13(21)16(4,19-14(20)22)10-5-6-11(17)12(18)9-10/h5-6,9H,7-8H2,1-4H3,(H,19,22)/t16-/m0/s1. The number of nitrogens with zero attached hydrogens (tertiary/aromatic N) is 1.